The Bertz CT molecular complexity index is 782. The molecule has 0 amide bonds. The van der Waals surface area contributed by atoms with Gasteiger partial charge in [-0.05, 0) is 62.1 Å². The number of aromatic nitrogens is 1. The van der Waals surface area contributed by atoms with Gasteiger partial charge in [0, 0.05) is 30.8 Å². The van der Waals surface area contributed by atoms with E-state index in [-0.39, 0.29) is 17.2 Å². The Balaban J connectivity index is 1.65. The van der Waals surface area contributed by atoms with Crippen LogP contribution in [0.3, 0.4) is 0 Å². The van der Waals surface area contributed by atoms with Gasteiger partial charge in [-0.1, -0.05) is 11.6 Å². The Morgan fingerprint density at radius 3 is 2.84 bits per heavy atom. The second kappa shape index (κ2) is 7.77. The summed E-state index contributed by atoms with van der Waals surface area (Å²) < 4.78 is 11.2. The second-order valence-corrected chi connectivity index (χ2v) is 7.36. The second-order valence-electron chi connectivity index (χ2n) is 6.95. The fourth-order valence-corrected chi connectivity index (χ4v) is 3.77. The molecule has 0 unspecified atom stereocenters. The molecule has 5 nitrogen and oxygen atoms in total. The lowest BCUT2D eigenvalue weighted by Crippen LogP contribution is -2.45. The zero-order chi connectivity index (χ0) is 17.9. The molecule has 3 N–H and O–H groups in total. The lowest BCUT2D eigenvalue weighted by atomic mass is 9.78. The summed E-state index contributed by atoms with van der Waals surface area (Å²) in [5.41, 5.74) is 6.24. The van der Waals surface area contributed by atoms with Gasteiger partial charge in [-0.15, -0.1) is 0 Å². The summed E-state index contributed by atoms with van der Waals surface area (Å²) in [5, 5.41) is 1.86. The molecule has 2 aromatic rings. The van der Waals surface area contributed by atoms with E-state index in [1.165, 1.54) is 0 Å². The van der Waals surface area contributed by atoms with Crippen molar-refractivity contribution >= 4 is 22.4 Å². The van der Waals surface area contributed by atoms with Crippen molar-refractivity contribution in [3.63, 3.8) is 0 Å². The molecule has 0 spiro atoms. The highest BCUT2D eigenvalue weighted by Crippen LogP contribution is 2.35. The van der Waals surface area contributed by atoms with Crippen molar-refractivity contribution in [1.29, 1.82) is 0 Å². The number of fused-ring (bicyclic) bond motifs is 1. The van der Waals surface area contributed by atoms with Gasteiger partial charge in [0.15, 0.2) is 0 Å². The first kappa shape index (κ1) is 18.2. The van der Waals surface area contributed by atoms with Crippen molar-refractivity contribution in [1.82, 2.24) is 4.98 Å². The number of pyridine rings is 1. The molecule has 25 heavy (non-hydrogen) atoms. The minimum atomic E-state index is -0.146. The lowest BCUT2D eigenvalue weighted by molar-refractivity contribution is 0.107. The molecule has 1 aromatic heterocycles. The van der Waals surface area contributed by atoms with Crippen molar-refractivity contribution < 1.29 is 9.47 Å². The van der Waals surface area contributed by atoms with Crippen molar-refractivity contribution in [3.8, 4) is 5.75 Å². The molecule has 0 aliphatic heterocycles. The Hall–Kier alpha value is -1.56. The Labute approximate surface area is 152 Å². The largest absolute Gasteiger partial charge is 0.489 e. The van der Waals surface area contributed by atoms with Crippen molar-refractivity contribution in [2.75, 3.05) is 13.7 Å². The van der Waals surface area contributed by atoms with Gasteiger partial charge in [-0.25, -0.2) is 0 Å². The molecule has 0 bridgehead atoms. The molecule has 1 heterocycles. The van der Waals surface area contributed by atoms with E-state index >= 15 is 0 Å². The van der Waals surface area contributed by atoms with E-state index in [0.717, 1.165) is 50.5 Å². The monoisotopic (exact) mass is 364 g/mol. The molecule has 1 aliphatic carbocycles. The first-order valence-corrected chi connectivity index (χ1v) is 9.14. The van der Waals surface area contributed by atoms with Crippen LogP contribution in [-0.2, 0) is 4.74 Å². The number of nitrogens with two attached hydrogens (primary N) is 1. The summed E-state index contributed by atoms with van der Waals surface area (Å²) in [6.45, 7) is 0.755. The highest BCUT2D eigenvalue weighted by Gasteiger charge is 2.32. The van der Waals surface area contributed by atoms with E-state index in [9.17, 15) is 4.79 Å². The van der Waals surface area contributed by atoms with E-state index in [1.807, 2.05) is 12.1 Å². The zero-order valence-corrected chi connectivity index (χ0v) is 15.3. The van der Waals surface area contributed by atoms with Crippen LogP contribution in [0.25, 0.3) is 10.8 Å². The molecule has 3 rings (SSSR count). The van der Waals surface area contributed by atoms with Crippen LogP contribution in [-0.4, -0.2) is 30.3 Å². The Morgan fingerprint density at radius 1 is 1.36 bits per heavy atom. The van der Waals surface area contributed by atoms with Gasteiger partial charge in [0.05, 0.1) is 11.1 Å². The molecule has 6 heteroatoms. The molecule has 1 aromatic carbocycles. The minimum Gasteiger partial charge on any atom is -0.489 e. The number of ether oxygens (including phenoxy) is 2. The Kier molecular flexibility index (Phi) is 5.67. The first-order chi connectivity index (χ1) is 12.0. The molecule has 1 saturated carbocycles. The van der Waals surface area contributed by atoms with Gasteiger partial charge in [0.1, 0.15) is 5.75 Å². The number of halogens is 1. The maximum Gasteiger partial charge on any atom is 0.255 e. The normalized spacial score (nSPS) is 23.7. The molecule has 0 saturated heterocycles. The highest BCUT2D eigenvalue weighted by atomic mass is 35.5. The minimum absolute atomic E-state index is 0.107. The summed E-state index contributed by atoms with van der Waals surface area (Å²) in [6, 6.07) is 5.36. The third-order valence-corrected chi connectivity index (χ3v) is 5.37. The van der Waals surface area contributed by atoms with Gasteiger partial charge in [-0.2, -0.15) is 0 Å². The standard InChI is InChI=1S/C19H25ClN2O3/c1-24-10-2-6-19(21)7-3-14(4-8-19)25-17-11-13-5-9-22-18(23)15(13)12-16(17)20/h5,9,11-12,14H,2-4,6-8,10,21H2,1H3,(H,22,23)/t14-,19-. The van der Waals surface area contributed by atoms with Crippen molar-refractivity contribution in [3.05, 3.63) is 39.8 Å². The van der Waals surface area contributed by atoms with Gasteiger partial charge in [-0.3, -0.25) is 4.79 Å². The van der Waals surface area contributed by atoms with Crippen LogP contribution in [0.2, 0.25) is 5.02 Å². The maximum absolute atomic E-state index is 11.8. The van der Waals surface area contributed by atoms with E-state index in [2.05, 4.69) is 4.98 Å². The predicted molar refractivity (Wildman–Crippen MR) is 100 cm³/mol. The molecule has 1 fully saturated rings. The van der Waals surface area contributed by atoms with E-state index in [0.29, 0.717) is 16.2 Å². The van der Waals surface area contributed by atoms with Crippen molar-refractivity contribution in [2.24, 2.45) is 5.73 Å². The van der Waals surface area contributed by atoms with E-state index in [4.69, 9.17) is 26.8 Å². The van der Waals surface area contributed by atoms with Crippen molar-refractivity contribution in [2.45, 2.75) is 50.2 Å². The Morgan fingerprint density at radius 2 is 2.12 bits per heavy atom. The van der Waals surface area contributed by atoms with Gasteiger partial charge in [0.2, 0.25) is 0 Å². The average molecular weight is 365 g/mol. The average Bonchev–Trinajstić information content (AvgIpc) is 2.59. The van der Waals surface area contributed by atoms with Crippen LogP contribution in [0.1, 0.15) is 38.5 Å². The number of hydrogen-bond acceptors (Lipinski definition) is 4. The summed E-state index contributed by atoms with van der Waals surface area (Å²) in [6.07, 6.45) is 7.40. The number of hydrogen-bond donors (Lipinski definition) is 2. The number of benzene rings is 1. The van der Waals surface area contributed by atoms with E-state index in [1.54, 1.807) is 19.4 Å². The molecule has 136 valence electrons. The fraction of sp³-hybridized carbons (Fsp3) is 0.526. The number of methoxy groups -OCH3 is 1. The summed E-state index contributed by atoms with van der Waals surface area (Å²) in [5.74, 6) is 0.633. The topological polar surface area (TPSA) is 77.3 Å². The number of H-pyrrole nitrogens is 1. The van der Waals surface area contributed by atoms with Gasteiger partial charge >= 0.3 is 0 Å². The SMILES string of the molecule is COCCC[C@]1(N)CC[C@H](Oc2cc3cc[nH]c(=O)c3cc2Cl)CC1. The van der Waals surface area contributed by atoms with Crippen LogP contribution in [0.4, 0.5) is 0 Å². The van der Waals surface area contributed by atoms with Crippen LogP contribution in [0.5, 0.6) is 5.75 Å². The van der Waals surface area contributed by atoms with Crippen LogP contribution < -0.4 is 16.0 Å². The van der Waals surface area contributed by atoms with Crippen LogP contribution in [0.15, 0.2) is 29.2 Å². The lowest BCUT2D eigenvalue weighted by Gasteiger charge is -2.37. The molecular formula is C19H25ClN2O3. The molecule has 1 aliphatic rings. The quantitative estimate of drug-likeness (QED) is 0.767. The summed E-state index contributed by atoms with van der Waals surface area (Å²) in [7, 11) is 1.72. The highest BCUT2D eigenvalue weighted by molar-refractivity contribution is 6.32. The van der Waals surface area contributed by atoms with Gasteiger partial charge in [0.25, 0.3) is 5.56 Å². The predicted octanol–water partition coefficient (Wildman–Crippen LogP) is 3.63. The van der Waals surface area contributed by atoms with Gasteiger partial charge < -0.3 is 20.2 Å². The number of aromatic amines is 1. The maximum atomic E-state index is 11.8. The molecular weight excluding hydrogens is 340 g/mol. The third kappa shape index (κ3) is 4.35. The molecule has 0 radical (unpaired) electrons. The van der Waals surface area contributed by atoms with E-state index < -0.39 is 0 Å². The summed E-state index contributed by atoms with van der Waals surface area (Å²) in [4.78, 5) is 14.5. The smallest absolute Gasteiger partial charge is 0.255 e. The summed E-state index contributed by atoms with van der Waals surface area (Å²) >= 11 is 6.32. The zero-order valence-electron chi connectivity index (χ0n) is 14.5. The van der Waals surface area contributed by atoms with Crippen LogP contribution >= 0.6 is 11.6 Å². The number of rotatable bonds is 6. The third-order valence-electron chi connectivity index (χ3n) is 5.07. The number of nitrogens with one attached hydrogen (secondary N) is 1. The van der Waals surface area contributed by atoms with Crippen LogP contribution in [0, 0.1) is 0 Å². The molecule has 0 atom stereocenters. The fourth-order valence-electron chi connectivity index (χ4n) is 3.56. The first-order valence-electron chi connectivity index (χ1n) is 8.76.